The lowest BCUT2D eigenvalue weighted by Gasteiger charge is -2.37. The summed E-state index contributed by atoms with van der Waals surface area (Å²) < 4.78 is 17.3. The van der Waals surface area contributed by atoms with Crippen LogP contribution in [0.3, 0.4) is 0 Å². The first-order chi connectivity index (χ1) is 24.2. The van der Waals surface area contributed by atoms with Crippen LogP contribution in [0.2, 0.25) is 0 Å². The lowest BCUT2D eigenvalue weighted by atomic mass is 9.83. The summed E-state index contributed by atoms with van der Waals surface area (Å²) in [6.45, 7) is 9.17. The summed E-state index contributed by atoms with van der Waals surface area (Å²) >= 11 is 0. The number of amides is 4. The molecular formula is C38H50FN7O4. The minimum Gasteiger partial charge on any atom is -0.344 e. The van der Waals surface area contributed by atoms with Gasteiger partial charge in [0.05, 0.1) is 5.69 Å². The summed E-state index contributed by atoms with van der Waals surface area (Å²) in [4.78, 5) is 57.4. The van der Waals surface area contributed by atoms with Gasteiger partial charge in [0.25, 0.3) is 5.91 Å². The molecule has 0 spiro atoms. The van der Waals surface area contributed by atoms with Crippen molar-refractivity contribution in [3.05, 3.63) is 83.4 Å². The van der Waals surface area contributed by atoms with E-state index in [-0.39, 0.29) is 29.8 Å². The van der Waals surface area contributed by atoms with E-state index in [2.05, 4.69) is 38.1 Å². The Morgan fingerprint density at radius 3 is 2.30 bits per heavy atom. The maximum absolute atomic E-state index is 15.7. The predicted octanol–water partition coefficient (Wildman–Crippen LogP) is 4.70. The van der Waals surface area contributed by atoms with Gasteiger partial charge in [-0.3, -0.25) is 28.8 Å². The highest BCUT2D eigenvalue weighted by atomic mass is 19.1. The Labute approximate surface area is 294 Å². The fraction of sp³-hybridized carbons (Fsp3) is 0.500. The first-order valence-electron chi connectivity index (χ1n) is 18.0. The van der Waals surface area contributed by atoms with Gasteiger partial charge in [-0.25, -0.2) is 4.39 Å². The summed E-state index contributed by atoms with van der Waals surface area (Å²) in [7, 11) is 0. The first kappa shape index (κ1) is 36.7. The predicted molar refractivity (Wildman–Crippen MR) is 190 cm³/mol. The van der Waals surface area contributed by atoms with Gasteiger partial charge in [-0.2, -0.15) is 5.10 Å². The lowest BCUT2D eigenvalue weighted by Crippen LogP contribution is -2.56. The zero-order valence-electron chi connectivity index (χ0n) is 29.4. The fourth-order valence-electron chi connectivity index (χ4n) is 7.02. The summed E-state index contributed by atoms with van der Waals surface area (Å²) in [5.41, 5.74) is 2.07. The fourth-order valence-corrected chi connectivity index (χ4v) is 7.02. The Hall–Kier alpha value is -4.58. The molecule has 3 unspecified atom stereocenters. The SMILES string of the molecule is CCC(=O)NC(C(=O)N1CCN(Cc2ccccc2)CC1)C(C)c1ccc(NC(=O)C(NC(=O)c2ccnn2CC)C2CCCCC2)c(F)c1. The second-order valence-corrected chi connectivity index (χ2v) is 13.4. The number of carbonyl (C=O) groups is 4. The number of nitrogens with one attached hydrogen (secondary N) is 3. The van der Waals surface area contributed by atoms with Gasteiger partial charge in [-0.1, -0.05) is 69.5 Å². The van der Waals surface area contributed by atoms with Crippen LogP contribution in [0.5, 0.6) is 0 Å². The van der Waals surface area contributed by atoms with E-state index in [9.17, 15) is 19.2 Å². The number of rotatable bonds is 13. The number of anilines is 1. The van der Waals surface area contributed by atoms with Crippen LogP contribution < -0.4 is 16.0 Å². The van der Waals surface area contributed by atoms with Crippen LogP contribution in [-0.2, 0) is 27.5 Å². The van der Waals surface area contributed by atoms with Crippen molar-refractivity contribution in [1.82, 2.24) is 30.2 Å². The van der Waals surface area contributed by atoms with E-state index >= 15 is 4.39 Å². The smallest absolute Gasteiger partial charge is 0.270 e. The van der Waals surface area contributed by atoms with Crippen LogP contribution in [-0.4, -0.2) is 81.5 Å². The van der Waals surface area contributed by atoms with E-state index in [1.807, 2.05) is 25.1 Å². The van der Waals surface area contributed by atoms with Crippen molar-refractivity contribution in [2.45, 2.75) is 90.4 Å². The zero-order chi connectivity index (χ0) is 35.6. The zero-order valence-corrected chi connectivity index (χ0v) is 29.4. The summed E-state index contributed by atoms with van der Waals surface area (Å²) in [6.07, 6.45) is 6.30. The summed E-state index contributed by atoms with van der Waals surface area (Å²) in [6, 6.07) is 14.5. The molecule has 2 heterocycles. The normalized spacial score (nSPS) is 17.4. The highest BCUT2D eigenvalue weighted by Gasteiger charge is 2.35. The molecule has 0 radical (unpaired) electrons. The molecule has 1 saturated heterocycles. The number of aromatic nitrogens is 2. The molecule has 268 valence electrons. The Kier molecular flexibility index (Phi) is 12.8. The second-order valence-electron chi connectivity index (χ2n) is 13.4. The molecule has 1 saturated carbocycles. The molecule has 3 atom stereocenters. The summed E-state index contributed by atoms with van der Waals surface area (Å²) in [5, 5.41) is 12.7. The van der Waals surface area contributed by atoms with Gasteiger partial charge < -0.3 is 20.9 Å². The number of aryl methyl sites for hydroxylation is 1. The van der Waals surface area contributed by atoms with Gasteiger partial charge in [0, 0.05) is 57.8 Å². The number of benzene rings is 2. The molecule has 5 rings (SSSR count). The van der Waals surface area contributed by atoms with Crippen molar-refractivity contribution in [2.24, 2.45) is 5.92 Å². The van der Waals surface area contributed by atoms with Gasteiger partial charge >= 0.3 is 0 Å². The van der Waals surface area contributed by atoms with Gasteiger partial charge in [-0.15, -0.1) is 0 Å². The van der Waals surface area contributed by atoms with Crippen LogP contribution >= 0.6 is 0 Å². The van der Waals surface area contributed by atoms with Gasteiger partial charge in [0.15, 0.2) is 0 Å². The van der Waals surface area contributed by atoms with Crippen LogP contribution in [0.25, 0.3) is 0 Å². The first-order valence-corrected chi connectivity index (χ1v) is 18.0. The topological polar surface area (TPSA) is 129 Å². The molecule has 4 amide bonds. The molecule has 3 N–H and O–H groups in total. The van der Waals surface area contributed by atoms with Crippen molar-refractivity contribution in [3.63, 3.8) is 0 Å². The molecule has 2 aromatic carbocycles. The molecule has 11 nitrogen and oxygen atoms in total. The molecule has 0 bridgehead atoms. The van der Waals surface area contributed by atoms with Crippen molar-refractivity contribution < 1.29 is 23.6 Å². The Balaban J connectivity index is 1.27. The standard InChI is InChI=1S/C38H50FN7O4/c1-4-33(47)42-34(38(50)45-22-20-44(21-23-45)25-27-12-8-6-9-13-27)26(3)29-16-17-31(30(39)24-29)41-37(49)35(28-14-10-7-11-15-28)43-36(48)32-18-19-40-46(32)5-2/h6,8-9,12-13,16-19,24,26,28,34-35H,4-5,7,10-11,14-15,20-23,25H2,1-3H3,(H,41,49)(H,42,47)(H,43,48). The largest absolute Gasteiger partial charge is 0.344 e. The third-order valence-electron chi connectivity index (χ3n) is 10.1. The van der Waals surface area contributed by atoms with Gasteiger partial charge in [-0.05, 0) is 55.0 Å². The van der Waals surface area contributed by atoms with Crippen molar-refractivity contribution in [1.29, 1.82) is 0 Å². The van der Waals surface area contributed by atoms with Crippen molar-refractivity contribution in [3.8, 4) is 0 Å². The minimum absolute atomic E-state index is 0.0189. The van der Waals surface area contributed by atoms with E-state index < -0.39 is 35.6 Å². The number of nitrogens with zero attached hydrogens (tertiary/aromatic N) is 4. The monoisotopic (exact) mass is 687 g/mol. The number of halogens is 1. The lowest BCUT2D eigenvalue weighted by molar-refractivity contribution is -0.138. The van der Waals surface area contributed by atoms with Crippen molar-refractivity contribution in [2.75, 3.05) is 31.5 Å². The van der Waals surface area contributed by atoms with E-state index in [1.54, 1.807) is 41.8 Å². The minimum atomic E-state index is -0.884. The molecule has 1 aromatic heterocycles. The van der Waals surface area contributed by atoms with Gasteiger partial charge in [0.1, 0.15) is 23.6 Å². The number of hydrogen-bond donors (Lipinski definition) is 3. The third-order valence-corrected chi connectivity index (χ3v) is 10.1. The maximum Gasteiger partial charge on any atom is 0.270 e. The van der Waals surface area contributed by atoms with E-state index in [0.29, 0.717) is 44.0 Å². The highest BCUT2D eigenvalue weighted by molar-refractivity contribution is 6.00. The molecule has 12 heteroatoms. The van der Waals surface area contributed by atoms with Crippen molar-refractivity contribution >= 4 is 29.3 Å². The molecule has 50 heavy (non-hydrogen) atoms. The summed E-state index contributed by atoms with van der Waals surface area (Å²) in [5.74, 6) is -2.64. The average molecular weight is 688 g/mol. The molecule has 2 aliphatic rings. The molecular weight excluding hydrogens is 637 g/mol. The van der Waals surface area contributed by atoms with Crippen LogP contribution in [0, 0.1) is 11.7 Å². The average Bonchev–Trinajstić information content (AvgIpc) is 3.63. The number of piperazine rings is 1. The molecule has 3 aromatic rings. The second kappa shape index (κ2) is 17.4. The quantitative estimate of drug-likeness (QED) is 0.239. The Bertz CT molecular complexity index is 1620. The van der Waals surface area contributed by atoms with E-state index in [1.165, 1.54) is 17.7 Å². The van der Waals surface area contributed by atoms with E-state index in [0.717, 1.165) is 38.6 Å². The number of hydrogen-bond acceptors (Lipinski definition) is 6. The van der Waals surface area contributed by atoms with Crippen LogP contribution in [0.4, 0.5) is 10.1 Å². The third kappa shape index (κ3) is 9.15. The number of carbonyl (C=O) groups excluding carboxylic acids is 4. The molecule has 2 fully saturated rings. The van der Waals surface area contributed by atoms with Crippen LogP contribution in [0.1, 0.15) is 86.8 Å². The maximum atomic E-state index is 15.7. The Morgan fingerprint density at radius 2 is 1.64 bits per heavy atom. The molecule has 1 aliphatic heterocycles. The van der Waals surface area contributed by atoms with Crippen LogP contribution in [0.15, 0.2) is 60.8 Å². The van der Waals surface area contributed by atoms with Gasteiger partial charge in [0.2, 0.25) is 17.7 Å². The highest BCUT2D eigenvalue weighted by Crippen LogP contribution is 2.29. The Morgan fingerprint density at radius 1 is 0.920 bits per heavy atom. The molecule has 1 aliphatic carbocycles. The van der Waals surface area contributed by atoms with E-state index in [4.69, 9.17) is 0 Å².